The van der Waals surface area contributed by atoms with Gasteiger partial charge in [0.05, 0.1) is 19.6 Å². The maximum atomic E-state index is 13.7. The Morgan fingerprint density at radius 3 is 2.59 bits per heavy atom. The molecule has 1 aromatic rings. The fourth-order valence-corrected chi connectivity index (χ4v) is 6.34. The summed E-state index contributed by atoms with van der Waals surface area (Å²) in [5.74, 6) is -0.379. The number of benzene rings is 1. The van der Waals surface area contributed by atoms with Gasteiger partial charge in [-0.25, -0.2) is 0 Å². The van der Waals surface area contributed by atoms with E-state index in [1.165, 1.54) is 0 Å². The second-order valence-corrected chi connectivity index (χ2v) is 11.6. The highest BCUT2D eigenvalue weighted by atomic mass is 16.7. The van der Waals surface area contributed by atoms with E-state index < -0.39 is 17.9 Å². The first kappa shape index (κ1) is 30.9. The second kappa shape index (κ2) is 14.2. The first-order valence-electron chi connectivity index (χ1n) is 14.9. The van der Waals surface area contributed by atoms with Gasteiger partial charge in [0.2, 0.25) is 24.4 Å². The number of carboxylic acids is 1. The number of rotatable bonds is 15. The van der Waals surface area contributed by atoms with Crippen LogP contribution in [0.1, 0.15) is 56.9 Å². The molecule has 3 aliphatic rings. The highest BCUT2D eigenvalue weighted by Gasteiger charge is 2.48. The topological polar surface area (TPSA) is 112 Å². The normalized spacial score (nSPS) is 22.1. The average molecular weight is 575 g/mol. The third kappa shape index (κ3) is 7.43. The summed E-state index contributed by atoms with van der Waals surface area (Å²) >= 11 is 0. The van der Waals surface area contributed by atoms with Gasteiger partial charge in [0.25, 0.3) is 0 Å². The summed E-state index contributed by atoms with van der Waals surface area (Å²) in [5, 5.41) is 10.5. The number of nitrogens with zero attached hydrogens (tertiary/aromatic N) is 4. The fourth-order valence-electron chi connectivity index (χ4n) is 6.34. The second-order valence-electron chi connectivity index (χ2n) is 11.6. The van der Waals surface area contributed by atoms with Crippen LogP contribution in [0.4, 0.5) is 0 Å². The van der Waals surface area contributed by atoms with Crippen LogP contribution in [0, 0.1) is 5.92 Å². The number of amides is 2. The van der Waals surface area contributed by atoms with Crippen molar-refractivity contribution in [2.24, 2.45) is 5.92 Å². The number of carbonyl (C=O) groups is 3. The van der Waals surface area contributed by atoms with E-state index in [9.17, 15) is 19.5 Å². The number of aliphatic carboxylic acids is 1. The van der Waals surface area contributed by atoms with Gasteiger partial charge in [-0.15, -0.1) is 0 Å². The number of ether oxygens (including phenoxy) is 3. The lowest BCUT2D eigenvalue weighted by Gasteiger charge is -2.31. The average Bonchev–Trinajstić information content (AvgIpc) is 3.67. The van der Waals surface area contributed by atoms with Crippen molar-refractivity contribution in [3.05, 3.63) is 17.7 Å². The molecule has 3 atom stereocenters. The molecule has 3 heterocycles. The van der Waals surface area contributed by atoms with Gasteiger partial charge in [0, 0.05) is 51.1 Å². The van der Waals surface area contributed by atoms with Crippen LogP contribution in [-0.4, -0.2) is 122 Å². The minimum absolute atomic E-state index is 0.0208. The molecule has 41 heavy (non-hydrogen) atoms. The summed E-state index contributed by atoms with van der Waals surface area (Å²) in [6, 6.07) is 3.27. The SMILES string of the molecule is CCCCN(CCCN(C)C)C(=O)CN1C[C@H](c2cc(OC)c3c(c2)OCO3)[C@@H](C(=O)O)[C@@H]1CCN1CCCC1=O. The lowest BCUT2D eigenvalue weighted by molar-refractivity contribution is -0.144. The zero-order chi connectivity index (χ0) is 29.5. The molecule has 2 fully saturated rings. The van der Waals surface area contributed by atoms with Crippen molar-refractivity contribution in [1.29, 1.82) is 0 Å². The van der Waals surface area contributed by atoms with E-state index in [1.54, 1.807) is 7.11 Å². The van der Waals surface area contributed by atoms with Gasteiger partial charge in [-0.1, -0.05) is 13.3 Å². The minimum atomic E-state index is -0.909. The fraction of sp³-hybridized carbons (Fsp3) is 0.700. The van der Waals surface area contributed by atoms with Crippen LogP contribution in [0.25, 0.3) is 0 Å². The Labute approximate surface area is 243 Å². The van der Waals surface area contributed by atoms with Crippen LogP contribution in [0.3, 0.4) is 0 Å². The predicted octanol–water partition coefficient (Wildman–Crippen LogP) is 2.49. The molecule has 0 unspecified atom stereocenters. The highest BCUT2D eigenvalue weighted by molar-refractivity contribution is 5.79. The first-order chi connectivity index (χ1) is 19.7. The van der Waals surface area contributed by atoms with Crippen molar-refractivity contribution in [2.75, 3.05) is 73.8 Å². The number of likely N-dealkylation sites (tertiary alicyclic amines) is 2. The summed E-state index contributed by atoms with van der Waals surface area (Å²) in [6.45, 7) is 6.17. The molecule has 0 saturated carbocycles. The van der Waals surface area contributed by atoms with E-state index in [0.29, 0.717) is 62.8 Å². The Hall–Kier alpha value is -3.05. The summed E-state index contributed by atoms with van der Waals surface area (Å²) in [7, 11) is 5.59. The van der Waals surface area contributed by atoms with Gasteiger partial charge in [-0.05, 0) is 64.0 Å². The van der Waals surface area contributed by atoms with E-state index in [4.69, 9.17) is 14.2 Å². The largest absolute Gasteiger partial charge is 0.493 e. The number of methoxy groups -OCH3 is 1. The van der Waals surface area contributed by atoms with Crippen molar-refractivity contribution in [3.8, 4) is 17.2 Å². The number of fused-ring (bicyclic) bond motifs is 1. The predicted molar refractivity (Wildman–Crippen MR) is 153 cm³/mol. The molecule has 0 radical (unpaired) electrons. The van der Waals surface area contributed by atoms with Crippen LogP contribution < -0.4 is 14.2 Å². The highest BCUT2D eigenvalue weighted by Crippen LogP contribution is 2.47. The summed E-state index contributed by atoms with van der Waals surface area (Å²) < 4.78 is 16.7. The van der Waals surface area contributed by atoms with Crippen LogP contribution in [0.15, 0.2) is 12.1 Å². The Balaban J connectivity index is 1.60. The van der Waals surface area contributed by atoms with Crippen LogP contribution in [-0.2, 0) is 14.4 Å². The zero-order valence-electron chi connectivity index (χ0n) is 25.0. The quantitative estimate of drug-likeness (QED) is 0.338. The maximum absolute atomic E-state index is 13.7. The first-order valence-corrected chi connectivity index (χ1v) is 14.9. The molecule has 0 aliphatic carbocycles. The van der Waals surface area contributed by atoms with Gasteiger partial charge >= 0.3 is 5.97 Å². The Morgan fingerprint density at radius 2 is 1.93 bits per heavy atom. The third-order valence-corrected chi connectivity index (χ3v) is 8.51. The standard InChI is InChI=1S/C30H46N4O7/c1-5-6-12-32(14-8-11-31(2)3)27(36)19-34-18-22(21-16-24(39-4)29-25(17-21)40-20-41-29)28(30(37)38)23(34)10-15-33-13-7-9-26(33)35/h16-17,22-23,28H,5-15,18-20H2,1-4H3,(H,37,38)/t22-,23+,28-/m1/s1. The molecular weight excluding hydrogens is 528 g/mol. The molecule has 0 bridgehead atoms. The molecule has 4 rings (SSSR count). The van der Waals surface area contributed by atoms with E-state index in [1.807, 2.05) is 40.9 Å². The van der Waals surface area contributed by atoms with Crippen LogP contribution in [0.2, 0.25) is 0 Å². The number of carboxylic acid groups (broad SMARTS) is 1. The molecular formula is C30H46N4O7. The summed E-state index contributed by atoms with van der Waals surface area (Å²) in [5.41, 5.74) is 0.782. The smallest absolute Gasteiger partial charge is 0.308 e. The van der Waals surface area contributed by atoms with Gasteiger partial charge in [-0.2, -0.15) is 0 Å². The van der Waals surface area contributed by atoms with Gasteiger partial charge in [0.15, 0.2) is 11.5 Å². The molecule has 2 saturated heterocycles. The molecule has 2 amide bonds. The molecule has 1 aromatic carbocycles. The molecule has 0 spiro atoms. The number of carbonyl (C=O) groups excluding carboxylic acids is 2. The van der Waals surface area contributed by atoms with E-state index in [2.05, 4.69) is 11.8 Å². The van der Waals surface area contributed by atoms with Crippen molar-refractivity contribution >= 4 is 17.8 Å². The Bertz CT molecular complexity index is 1080. The molecule has 228 valence electrons. The summed E-state index contributed by atoms with van der Waals surface area (Å²) in [4.78, 5) is 46.8. The lowest BCUT2D eigenvalue weighted by Crippen LogP contribution is -2.46. The lowest BCUT2D eigenvalue weighted by atomic mass is 9.84. The van der Waals surface area contributed by atoms with Crippen LogP contribution >= 0.6 is 0 Å². The van der Waals surface area contributed by atoms with Crippen molar-refractivity contribution < 1.29 is 33.7 Å². The molecule has 3 aliphatic heterocycles. The van der Waals surface area contributed by atoms with E-state index in [-0.39, 0.29) is 31.1 Å². The number of hydrogen-bond acceptors (Lipinski definition) is 8. The molecule has 0 aromatic heterocycles. The van der Waals surface area contributed by atoms with Crippen molar-refractivity contribution in [2.45, 2.75) is 57.4 Å². The monoisotopic (exact) mass is 574 g/mol. The van der Waals surface area contributed by atoms with Crippen molar-refractivity contribution in [3.63, 3.8) is 0 Å². The molecule has 1 N–H and O–H groups in total. The van der Waals surface area contributed by atoms with Gasteiger partial charge in [0.1, 0.15) is 0 Å². The minimum Gasteiger partial charge on any atom is -0.493 e. The molecule has 11 heteroatoms. The number of hydrogen-bond donors (Lipinski definition) is 1. The molecule has 11 nitrogen and oxygen atoms in total. The third-order valence-electron chi connectivity index (χ3n) is 8.51. The Morgan fingerprint density at radius 1 is 1.15 bits per heavy atom. The maximum Gasteiger partial charge on any atom is 0.308 e. The van der Waals surface area contributed by atoms with E-state index >= 15 is 0 Å². The Kier molecular flexibility index (Phi) is 10.7. The van der Waals surface area contributed by atoms with Gasteiger partial charge in [-0.3, -0.25) is 19.3 Å². The van der Waals surface area contributed by atoms with Crippen LogP contribution in [0.5, 0.6) is 17.2 Å². The summed E-state index contributed by atoms with van der Waals surface area (Å²) in [6.07, 6.45) is 4.64. The van der Waals surface area contributed by atoms with Crippen molar-refractivity contribution in [1.82, 2.24) is 19.6 Å². The van der Waals surface area contributed by atoms with E-state index in [0.717, 1.165) is 37.8 Å². The van der Waals surface area contributed by atoms with Gasteiger partial charge < -0.3 is 34.0 Å². The zero-order valence-corrected chi connectivity index (χ0v) is 25.0. The number of unbranched alkanes of at least 4 members (excludes halogenated alkanes) is 1.